The topological polar surface area (TPSA) is 127 Å². The summed E-state index contributed by atoms with van der Waals surface area (Å²) in [7, 11) is -3.32. The van der Waals surface area contributed by atoms with Gasteiger partial charge in [-0.15, -0.1) is 0 Å². The van der Waals surface area contributed by atoms with Crippen molar-refractivity contribution < 1.29 is 13.3 Å². The third-order valence-electron chi connectivity index (χ3n) is 2.42. The number of hydrogen-bond acceptors (Lipinski definition) is 6. The minimum absolute atomic E-state index is 0.0499. The number of sulfonamides is 1. The van der Waals surface area contributed by atoms with Crippen molar-refractivity contribution in [2.75, 3.05) is 23.9 Å². The maximum Gasteiger partial charge on any atom is 0.292 e. The van der Waals surface area contributed by atoms with Crippen LogP contribution in [0.25, 0.3) is 0 Å². The van der Waals surface area contributed by atoms with E-state index in [4.69, 9.17) is 5.73 Å². The second-order valence-electron chi connectivity index (χ2n) is 5.14. The van der Waals surface area contributed by atoms with E-state index in [0.717, 1.165) is 6.26 Å². The van der Waals surface area contributed by atoms with Gasteiger partial charge in [-0.05, 0) is 26.0 Å². The number of benzene rings is 1. The molecule has 20 heavy (non-hydrogen) atoms. The van der Waals surface area contributed by atoms with Crippen molar-refractivity contribution in [1.82, 2.24) is 4.72 Å². The number of nitrogens with one attached hydrogen (secondary N) is 2. The van der Waals surface area contributed by atoms with Crippen molar-refractivity contribution in [3.8, 4) is 0 Å². The molecule has 0 heterocycles. The van der Waals surface area contributed by atoms with Crippen LogP contribution in [-0.2, 0) is 10.0 Å². The molecule has 0 aliphatic carbocycles. The Morgan fingerprint density at radius 1 is 1.40 bits per heavy atom. The van der Waals surface area contributed by atoms with Gasteiger partial charge in [0.1, 0.15) is 5.69 Å². The Hall–Kier alpha value is -1.87. The molecule has 1 aromatic rings. The van der Waals surface area contributed by atoms with Crippen LogP contribution in [0.3, 0.4) is 0 Å². The fourth-order valence-electron chi connectivity index (χ4n) is 1.69. The monoisotopic (exact) mass is 302 g/mol. The Morgan fingerprint density at radius 3 is 2.45 bits per heavy atom. The summed E-state index contributed by atoms with van der Waals surface area (Å²) in [6.45, 7) is 3.74. The summed E-state index contributed by atoms with van der Waals surface area (Å²) in [4.78, 5) is 10.1. The van der Waals surface area contributed by atoms with Crippen LogP contribution in [0, 0.1) is 10.1 Å². The first-order valence-corrected chi connectivity index (χ1v) is 7.66. The fraction of sp³-hybridized carbons (Fsp3) is 0.455. The lowest BCUT2D eigenvalue weighted by molar-refractivity contribution is -0.383. The lowest BCUT2D eigenvalue weighted by Crippen LogP contribution is -2.47. The Morgan fingerprint density at radius 2 is 2.00 bits per heavy atom. The summed E-state index contributed by atoms with van der Waals surface area (Å²) in [6.07, 6.45) is 1.08. The predicted molar refractivity (Wildman–Crippen MR) is 78.1 cm³/mol. The summed E-state index contributed by atoms with van der Waals surface area (Å²) in [5.74, 6) is 0. The molecule has 112 valence electrons. The molecule has 0 aliphatic rings. The van der Waals surface area contributed by atoms with Crippen molar-refractivity contribution in [1.29, 1.82) is 0 Å². The van der Waals surface area contributed by atoms with E-state index in [1.54, 1.807) is 13.8 Å². The molecule has 0 unspecified atom stereocenters. The standard InChI is InChI=1S/C11H18N4O4S/c1-11(2,14-20(3,18)19)7-13-8-4-5-10(15(16)17)9(12)6-8/h4-6,13-14H,7,12H2,1-3H3. The molecule has 1 rings (SSSR count). The lowest BCUT2D eigenvalue weighted by Gasteiger charge is -2.25. The minimum Gasteiger partial charge on any atom is -0.393 e. The van der Waals surface area contributed by atoms with Gasteiger partial charge in [-0.3, -0.25) is 10.1 Å². The Labute approximate surface area is 117 Å². The van der Waals surface area contributed by atoms with Gasteiger partial charge in [-0.25, -0.2) is 13.1 Å². The SMILES string of the molecule is CC(C)(CNc1ccc([N+](=O)[O-])c(N)c1)NS(C)(=O)=O. The first kappa shape index (κ1) is 16.2. The predicted octanol–water partition coefficient (Wildman–Crippen LogP) is 0.917. The van der Waals surface area contributed by atoms with Crippen LogP contribution >= 0.6 is 0 Å². The minimum atomic E-state index is -3.32. The number of anilines is 2. The molecule has 0 atom stereocenters. The number of rotatable bonds is 6. The van der Waals surface area contributed by atoms with Crippen molar-refractivity contribution in [2.45, 2.75) is 19.4 Å². The number of hydrogen-bond donors (Lipinski definition) is 3. The summed E-state index contributed by atoms with van der Waals surface area (Å²) >= 11 is 0. The zero-order valence-corrected chi connectivity index (χ0v) is 12.3. The third-order valence-corrected chi connectivity index (χ3v) is 3.34. The Kier molecular flexibility index (Phi) is 4.56. The molecule has 4 N–H and O–H groups in total. The maximum atomic E-state index is 11.2. The highest BCUT2D eigenvalue weighted by Gasteiger charge is 2.22. The molecule has 0 saturated carbocycles. The van der Waals surface area contributed by atoms with Gasteiger partial charge in [0.25, 0.3) is 5.69 Å². The molecular weight excluding hydrogens is 284 g/mol. The summed E-state index contributed by atoms with van der Waals surface area (Å²) in [6, 6.07) is 4.26. The number of nitro groups is 1. The van der Waals surface area contributed by atoms with Crippen LogP contribution in [0.4, 0.5) is 17.1 Å². The summed E-state index contributed by atoms with van der Waals surface area (Å²) < 4.78 is 24.9. The average molecular weight is 302 g/mol. The average Bonchev–Trinajstić information content (AvgIpc) is 2.22. The zero-order valence-electron chi connectivity index (χ0n) is 11.5. The molecule has 8 nitrogen and oxygen atoms in total. The molecule has 0 radical (unpaired) electrons. The van der Waals surface area contributed by atoms with Gasteiger partial charge in [0.05, 0.1) is 11.2 Å². The highest BCUT2D eigenvalue weighted by atomic mass is 32.2. The van der Waals surface area contributed by atoms with Crippen LogP contribution in [0.15, 0.2) is 18.2 Å². The van der Waals surface area contributed by atoms with Crippen LogP contribution < -0.4 is 15.8 Å². The van der Waals surface area contributed by atoms with E-state index in [0.29, 0.717) is 12.2 Å². The molecule has 0 fully saturated rings. The molecule has 1 aromatic carbocycles. The molecule has 0 saturated heterocycles. The highest BCUT2D eigenvalue weighted by Crippen LogP contribution is 2.24. The number of nitrogen functional groups attached to an aromatic ring is 1. The van der Waals surface area contributed by atoms with E-state index in [1.807, 2.05) is 0 Å². The highest BCUT2D eigenvalue weighted by molar-refractivity contribution is 7.88. The second kappa shape index (κ2) is 5.63. The quantitative estimate of drug-likeness (QED) is 0.407. The van der Waals surface area contributed by atoms with Gasteiger partial charge < -0.3 is 11.1 Å². The van der Waals surface area contributed by atoms with E-state index in [-0.39, 0.29) is 11.4 Å². The first-order chi connectivity index (χ1) is 9.00. The molecule has 0 aromatic heterocycles. The van der Waals surface area contributed by atoms with E-state index < -0.39 is 20.5 Å². The third kappa shape index (κ3) is 5.02. The van der Waals surface area contributed by atoms with Crippen LogP contribution in [0.5, 0.6) is 0 Å². The smallest absolute Gasteiger partial charge is 0.292 e. The Balaban J connectivity index is 2.76. The fourth-order valence-corrected chi connectivity index (χ4v) is 2.77. The number of nitrogens with two attached hydrogens (primary N) is 1. The summed E-state index contributed by atoms with van der Waals surface area (Å²) in [5.41, 5.74) is 5.33. The number of nitro benzene ring substituents is 1. The van der Waals surface area contributed by atoms with E-state index >= 15 is 0 Å². The van der Waals surface area contributed by atoms with E-state index in [2.05, 4.69) is 10.0 Å². The van der Waals surface area contributed by atoms with Crippen molar-refractivity contribution in [2.24, 2.45) is 0 Å². The second-order valence-corrected chi connectivity index (χ2v) is 6.89. The molecule has 0 amide bonds. The maximum absolute atomic E-state index is 11.2. The molecule has 0 aliphatic heterocycles. The molecule has 0 bridgehead atoms. The lowest BCUT2D eigenvalue weighted by atomic mass is 10.1. The molecule has 0 spiro atoms. The van der Waals surface area contributed by atoms with Crippen LogP contribution in [-0.4, -0.2) is 31.7 Å². The van der Waals surface area contributed by atoms with Gasteiger partial charge in [-0.1, -0.05) is 0 Å². The summed E-state index contributed by atoms with van der Waals surface area (Å²) in [5, 5.41) is 13.6. The van der Waals surface area contributed by atoms with Gasteiger partial charge >= 0.3 is 0 Å². The van der Waals surface area contributed by atoms with E-state index in [1.165, 1.54) is 18.2 Å². The number of nitrogens with zero attached hydrogens (tertiary/aromatic N) is 1. The van der Waals surface area contributed by atoms with Gasteiger partial charge in [0.2, 0.25) is 10.0 Å². The van der Waals surface area contributed by atoms with Gasteiger partial charge in [0.15, 0.2) is 0 Å². The largest absolute Gasteiger partial charge is 0.393 e. The van der Waals surface area contributed by atoms with Crippen LogP contribution in [0.2, 0.25) is 0 Å². The Bertz CT molecular complexity index is 613. The van der Waals surface area contributed by atoms with Crippen molar-refractivity contribution in [3.63, 3.8) is 0 Å². The normalized spacial score (nSPS) is 12.2. The van der Waals surface area contributed by atoms with Crippen LogP contribution in [0.1, 0.15) is 13.8 Å². The zero-order chi connectivity index (χ0) is 15.6. The van der Waals surface area contributed by atoms with Crippen molar-refractivity contribution in [3.05, 3.63) is 28.3 Å². The van der Waals surface area contributed by atoms with Crippen molar-refractivity contribution >= 4 is 27.1 Å². The van der Waals surface area contributed by atoms with E-state index in [9.17, 15) is 18.5 Å². The van der Waals surface area contributed by atoms with Gasteiger partial charge in [0, 0.05) is 23.8 Å². The van der Waals surface area contributed by atoms with Gasteiger partial charge in [-0.2, -0.15) is 0 Å². The molecular formula is C11H18N4O4S. The molecule has 9 heteroatoms. The first-order valence-electron chi connectivity index (χ1n) is 5.77.